The van der Waals surface area contributed by atoms with Crippen LogP contribution in [-0.4, -0.2) is 43.0 Å². The molecule has 2 aliphatic rings. The number of piperidine rings is 1. The highest BCUT2D eigenvalue weighted by atomic mass is 32.1. The molecule has 2 heterocycles. The Balaban J connectivity index is 1.47. The molecule has 1 aliphatic heterocycles. The third-order valence-corrected chi connectivity index (χ3v) is 6.61. The first-order valence-electron chi connectivity index (χ1n) is 9.85. The standard InChI is InChI=1S/C20H27N3O3S/c1-2-26-20(25)14-7-10-23(11-8-14)12-9-18(24)22-19-16(13-21)15-5-3-4-6-17(15)27-19/h14H,2-12H2,1H3,(H,22,24). The van der Waals surface area contributed by atoms with Gasteiger partial charge in [0.25, 0.3) is 0 Å². The van der Waals surface area contributed by atoms with E-state index in [-0.39, 0.29) is 17.8 Å². The summed E-state index contributed by atoms with van der Waals surface area (Å²) in [6, 6.07) is 2.28. The largest absolute Gasteiger partial charge is 0.466 e. The Hall–Kier alpha value is -1.91. The van der Waals surface area contributed by atoms with Gasteiger partial charge in [0.1, 0.15) is 11.1 Å². The first-order valence-corrected chi connectivity index (χ1v) is 10.7. The molecule has 1 aromatic rings. The fraction of sp³-hybridized carbons (Fsp3) is 0.650. The summed E-state index contributed by atoms with van der Waals surface area (Å²) in [6.45, 7) is 4.55. The van der Waals surface area contributed by atoms with Crippen LogP contribution in [0.25, 0.3) is 0 Å². The second kappa shape index (κ2) is 9.34. The van der Waals surface area contributed by atoms with Crippen LogP contribution in [-0.2, 0) is 27.2 Å². The summed E-state index contributed by atoms with van der Waals surface area (Å²) in [6.07, 6.45) is 6.21. The van der Waals surface area contributed by atoms with Gasteiger partial charge in [-0.3, -0.25) is 9.59 Å². The van der Waals surface area contributed by atoms with Crippen molar-refractivity contribution in [2.24, 2.45) is 5.92 Å². The fourth-order valence-corrected chi connectivity index (χ4v) is 5.13. The quantitative estimate of drug-likeness (QED) is 0.756. The molecule has 7 heteroatoms. The van der Waals surface area contributed by atoms with Gasteiger partial charge in [-0.2, -0.15) is 5.26 Å². The molecule has 0 bridgehead atoms. The number of aryl methyl sites for hydroxylation is 1. The highest BCUT2D eigenvalue weighted by Gasteiger charge is 2.26. The van der Waals surface area contributed by atoms with E-state index < -0.39 is 0 Å². The predicted molar refractivity (Wildman–Crippen MR) is 105 cm³/mol. The topological polar surface area (TPSA) is 82.4 Å². The van der Waals surface area contributed by atoms with Crippen LogP contribution in [0.5, 0.6) is 0 Å². The van der Waals surface area contributed by atoms with Gasteiger partial charge >= 0.3 is 5.97 Å². The molecule has 0 unspecified atom stereocenters. The van der Waals surface area contributed by atoms with Gasteiger partial charge in [0.2, 0.25) is 5.91 Å². The molecule has 0 spiro atoms. The smallest absolute Gasteiger partial charge is 0.309 e. The zero-order chi connectivity index (χ0) is 19.2. The van der Waals surface area contributed by atoms with Crippen LogP contribution in [0.15, 0.2) is 0 Å². The summed E-state index contributed by atoms with van der Waals surface area (Å²) in [5, 5.41) is 13.2. The monoisotopic (exact) mass is 389 g/mol. The average Bonchev–Trinajstić information content (AvgIpc) is 3.03. The molecule has 0 radical (unpaired) electrons. The molecule has 3 rings (SSSR count). The van der Waals surface area contributed by atoms with Gasteiger partial charge in [-0.25, -0.2) is 0 Å². The summed E-state index contributed by atoms with van der Waals surface area (Å²) >= 11 is 1.56. The molecular weight excluding hydrogens is 362 g/mol. The maximum absolute atomic E-state index is 12.4. The number of fused-ring (bicyclic) bond motifs is 1. The number of likely N-dealkylation sites (tertiary alicyclic amines) is 1. The van der Waals surface area contributed by atoms with Crippen LogP contribution < -0.4 is 5.32 Å². The van der Waals surface area contributed by atoms with Crippen molar-refractivity contribution < 1.29 is 14.3 Å². The summed E-state index contributed by atoms with van der Waals surface area (Å²) in [5.74, 6) is -0.149. The minimum absolute atomic E-state index is 0.00866. The fourth-order valence-electron chi connectivity index (χ4n) is 3.87. The zero-order valence-electron chi connectivity index (χ0n) is 15.9. The number of nitrogens with zero attached hydrogens (tertiary/aromatic N) is 2. The molecule has 6 nitrogen and oxygen atoms in total. The van der Waals surface area contributed by atoms with Crippen LogP contribution >= 0.6 is 11.3 Å². The van der Waals surface area contributed by atoms with E-state index in [1.54, 1.807) is 11.3 Å². The van der Waals surface area contributed by atoms with Gasteiger partial charge in [0.05, 0.1) is 18.1 Å². The van der Waals surface area contributed by atoms with Crippen LogP contribution in [0.1, 0.15) is 55.0 Å². The van der Waals surface area contributed by atoms with E-state index in [0.29, 0.717) is 25.1 Å². The SMILES string of the molecule is CCOC(=O)C1CCN(CCC(=O)Nc2sc3c(c2C#N)CCCC3)CC1. The molecule has 0 aromatic carbocycles. The van der Waals surface area contributed by atoms with Crippen LogP contribution in [0, 0.1) is 17.2 Å². The van der Waals surface area contributed by atoms with Gasteiger partial charge < -0.3 is 15.0 Å². The number of rotatable bonds is 6. The predicted octanol–water partition coefficient (Wildman–Crippen LogP) is 3.10. The molecule has 0 atom stereocenters. The number of anilines is 1. The summed E-state index contributed by atoms with van der Waals surface area (Å²) in [7, 11) is 0. The molecule has 1 amide bonds. The Morgan fingerprint density at radius 3 is 2.74 bits per heavy atom. The average molecular weight is 390 g/mol. The third-order valence-electron chi connectivity index (χ3n) is 5.40. The van der Waals surface area contributed by atoms with Crippen molar-refractivity contribution in [2.45, 2.75) is 51.9 Å². The molecule has 146 valence electrons. The lowest BCUT2D eigenvalue weighted by molar-refractivity contribution is -0.149. The molecule has 1 fully saturated rings. The van der Waals surface area contributed by atoms with Crippen LogP contribution in [0.2, 0.25) is 0 Å². The van der Waals surface area contributed by atoms with Crippen molar-refractivity contribution >= 4 is 28.2 Å². The number of hydrogen-bond acceptors (Lipinski definition) is 6. The van der Waals surface area contributed by atoms with Crippen molar-refractivity contribution in [3.05, 3.63) is 16.0 Å². The van der Waals surface area contributed by atoms with Crippen molar-refractivity contribution in [1.82, 2.24) is 4.90 Å². The summed E-state index contributed by atoms with van der Waals surface area (Å²) in [5.41, 5.74) is 1.81. The first kappa shape index (κ1) is 19.8. The Kier molecular flexibility index (Phi) is 6.86. The Morgan fingerprint density at radius 2 is 2.04 bits per heavy atom. The van der Waals surface area contributed by atoms with E-state index in [9.17, 15) is 14.9 Å². The number of amides is 1. The van der Waals surface area contributed by atoms with Crippen LogP contribution in [0.3, 0.4) is 0 Å². The maximum atomic E-state index is 12.4. The number of carbonyl (C=O) groups is 2. The number of thiophene rings is 1. The van der Waals surface area contributed by atoms with E-state index in [0.717, 1.165) is 62.2 Å². The zero-order valence-corrected chi connectivity index (χ0v) is 16.7. The maximum Gasteiger partial charge on any atom is 0.309 e. The lowest BCUT2D eigenvalue weighted by Crippen LogP contribution is -2.38. The van der Waals surface area contributed by atoms with Crippen molar-refractivity contribution in [1.29, 1.82) is 5.26 Å². The second-order valence-corrected chi connectivity index (χ2v) is 8.30. The lowest BCUT2D eigenvalue weighted by Gasteiger charge is -2.30. The van der Waals surface area contributed by atoms with Gasteiger partial charge in [-0.05, 0) is 64.1 Å². The summed E-state index contributed by atoms with van der Waals surface area (Å²) < 4.78 is 5.09. The van der Waals surface area contributed by atoms with E-state index in [2.05, 4.69) is 16.3 Å². The molecular formula is C20H27N3O3S. The minimum Gasteiger partial charge on any atom is -0.466 e. The number of carbonyl (C=O) groups excluding carboxylic acids is 2. The highest BCUT2D eigenvalue weighted by molar-refractivity contribution is 7.16. The molecule has 27 heavy (non-hydrogen) atoms. The van der Waals surface area contributed by atoms with Gasteiger partial charge in [-0.15, -0.1) is 11.3 Å². The third kappa shape index (κ3) is 4.88. The Morgan fingerprint density at radius 1 is 1.30 bits per heavy atom. The number of nitrogens with one attached hydrogen (secondary N) is 1. The second-order valence-electron chi connectivity index (χ2n) is 7.19. The molecule has 1 aromatic heterocycles. The van der Waals surface area contributed by atoms with Crippen LogP contribution in [0.4, 0.5) is 5.00 Å². The highest BCUT2D eigenvalue weighted by Crippen LogP contribution is 2.37. The molecule has 1 N–H and O–H groups in total. The van der Waals surface area contributed by atoms with Gasteiger partial charge in [0.15, 0.2) is 0 Å². The Labute approximate surface area is 164 Å². The van der Waals surface area contributed by atoms with Gasteiger partial charge in [-0.1, -0.05) is 0 Å². The molecule has 0 saturated carbocycles. The lowest BCUT2D eigenvalue weighted by atomic mass is 9.96. The van der Waals surface area contributed by atoms with Crippen molar-refractivity contribution in [3.63, 3.8) is 0 Å². The number of esters is 1. The molecule has 1 aliphatic carbocycles. The first-order chi connectivity index (χ1) is 13.1. The number of ether oxygens (including phenoxy) is 1. The van der Waals surface area contributed by atoms with E-state index in [4.69, 9.17) is 4.74 Å². The summed E-state index contributed by atoms with van der Waals surface area (Å²) in [4.78, 5) is 27.6. The number of hydrogen-bond donors (Lipinski definition) is 1. The normalized spacial score (nSPS) is 17.8. The van der Waals surface area contributed by atoms with Crippen molar-refractivity contribution in [3.8, 4) is 6.07 Å². The van der Waals surface area contributed by atoms with Gasteiger partial charge in [0, 0.05) is 17.8 Å². The van der Waals surface area contributed by atoms with E-state index in [1.807, 2.05) is 6.92 Å². The number of nitriles is 1. The van der Waals surface area contributed by atoms with Crippen molar-refractivity contribution in [2.75, 3.05) is 31.6 Å². The van der Waals surface area contributed by atoms with E-state index >= 15 is 0 Å². The Bertz CT molecular complexity index is 730. The minimum atomic E-state index is -0.0967. The van der Waals surface area contributed by atoms with E-state index in [1.165, 1.54) is 4.88 Å². The molecule has 1 saturated heterocycles.